The number of halogens is 1. The second-order valence-electron chi connectivity index (χ2n) is 8.38. The summed E-state index contributed by atoms with van der Waals surface area (Å²) in [4.78, 5) is 31.2. The number of likely N-dealkylation sites (tertiary alicyclic amines) is 1. The number of rotatable bonds is 6. The highest BCUT2D eigenvalue weighted by Gasteiger charge is 2.45. The van der Waals surface area contributed by atoms with Crippen molar-refractivity contribution < 1.29 is 19.4 Å². The molecule has 176 valence electrons. The van der Waals surface area contributed by atoms with Crippen molar-refractivity contribution in [3.63, 3.8) is 0 Å². The van der Waals surface area contributed by atoms with Crippen LogP contribution in [0.25, 0.3) is 16.7 Å². The molecule has 2 N–H and O–H groups in total. The van der Waals surface area contributed by atoms with Gasteiger partial charge in [0.05, 0.1) is 18.7 Å². The normalized spacial score (nSPS) is 17.3. The van der Waals surface area contributed by atoms with Crippen LogP contribution in [-0.2, 0) is 16.0 Å². The number of benzene rings is 3. The number of H-pyrrole nitrogens is 1. The van der Waals surface area contributed by atoms with Crippen molar-refractivity contribution in [1.82, 2.24) is 9.88 Å². The van der Waals surface area contributed by atoms with Gasteiger partial charge in [-0.15, -0.1) is 0 Å². The van der Waals surface area contributed by atoms with Crippen molar-refractivity contribution >= 4 is 40.0 Å². The predicted octanol–water partition coefficient (Wildman–Crippen LogP) is 5.49. The van der Waals surface area contributed by atoms with Crippen molar-refractivity contribution in [3.8, 4) is 5.75 Å². The lowest BCUT2D eigenvalue weighted by atomic mass is 9.95. The zero-order chi connectivity index (χ0) is 24.5. The van der Waals surface area contributed by atoms with Crippen molar-refractivity contribution in [2.45, 2.75) is 12.5 Å². The Morgan fingerprint density at radius 3 is 2.46 bits per heavy atom. The standard InChI is InChI=1S/C28H23ClN2O4/c1-35-21-12-8-18(9-13-21)26(32)24-25(17-6-10-20(29)11-7-17)31(28(34)27(24)33)15-14-19-16-30-23-5-3-2-4-22(19)23/h2-13,16,25,30,32H,14-15H2,1H3. The molecular weight excluding hydrogens is 464 g/mol. The minimum absolute atomic E-state index is 0.0569. The van der Waals surface area contributed by atoms with E-state index in [-0.39, 0.29) is 11.3 Å². The molecule has 1 amide bonds. The summed E-state index contributed by atoms with van der Waals surface area (Å²) in [6.45, 7) is 0.305. The first kappa shape index (κ1) is 22.7. The Morgan fingerprint density at radius 2 is 1.74 bits per heavy atom. The van der Waals surface area contributed by atoms with Crippen LogP contribution < -0.4 is 4.74 Å². The maximum atomic E-state index is 13.2. The molecule has 4 aromatic rings. The van der Waals surface area contributed by atoms with E-state index in [1.165, 1.54) is 4.90 Å². The lowest BCUT2D eigenvalue weighted by Gasteiger charge is -2.25. The molecule has 0 spiro atoms. The highest BCUT2D eigenvalue weighted by molar-refractivity contribution is 6.46. The van der Waals surface area contributed by atoms with Crippen molar-refractivity contribution in [1.29, 1.82) is 0 Å². The fourth-order valence-electron chi connectivity index (χ4n) is 4.59. The molecule has 0 bridgehead atoms. The number of nitrogens with one attached hydrogen (secondary N) is 1. The molecule has 7 heteroatoms. The maximum Gasteiger partial charge on any atom is 0.295 e. The fraction of sp³-hybridized carbons (Fsp3) is 0.143. The largest absolute Gasteiger partial charge is 0.507 e. The van der Waals surface area contributed by atoms with E-state index in [2.05, 4.69) is 4.98 Å². The van der Waals surface area contributed by atoms with Gasteiger partial charge in [0.25, 0.3) is 11.7 Å². The molecule has 1 unspecified atom stereocenters. The Bertz CT molecular complexity index is 1440. The number of fused-ring (bicyclic) bond motifs is 1. The zero-order valence-electron chi connectivity index (χ0n) is 19.0. The number of amides is 1. The number of carbonyl (C=O) groups is 2. The van der Waals surface area contributed by atoms with Gasteiger partial charge in [0.2, 0.25) is 0 Å². The Kier molecular flexibility index (Phi) is 6.05. The number of ketones is 1. The summed E-state index contributed by atoms with van der Waals surface area (Å²) >= 11 is 6.10. The Morgan fingerprint density at radius 1 is 1.03 bits per heavy atom. The zero-order valence-corrected chi connectivity index (χ0v) is 19.8. The fourth-order valence-corrected chi connectivity index (χ4v) is 4.71. The van der Waals surface area contributed by atoms with Gasteiger partial charge >= 0.3 is 0 Å². The Balaban J connectivity index is 1.55. The van der Waals surface area contributed by atoms with Gasteiger partial charge in [-0.1, -0.05) is 41.9 Å². The van der Waals surface area contributed by atoms with E-state index < -0.39 is 17.7 Å². The molecule has 3 aromatic carbocycles. The summed E-state index contributed by atoms with van der Waals surface area (Å²) in [7, 11) is 1.55. The minimum atomic E-state index is -0.737. The van der Waals surface area contributed by atoms with E-state index in [1.54, 1.807) is 55.6 Å². The molecule has 5 rings (SSSR count). The van der Waals surface area contributed by atoms with Crippen LogP contribution in [0.15, 0.2) is 84.6 Å². The molecule has 0 radical (unpaired) electrons. The summed E-state index contributed by atoms with van der Waals surface area (Å²) in [5.74, 6) is -0.951. The van der Waals surface area contributed by atoms with Crippen molar-refractivity contribution in [3.05, 3.63) is 106 Å². The Labute approximate surface area is 207 Å². The summed E-state index contributed by atoms with van der Waals surface area (Å²) in [5.41, 5.74) is 3.24. The van der Waals surface area contributed by atoms with Crippen LogP contribution in [0.5, 0.6) is 5.75 Å². The van der Waals surface area contributed by atoms with Crippen LogP contribution in [0, 0.1) is 0 Å². The monoisotopic (exact) mass is 486 g/mol. The van der Waals surface area contributed by atoms with Gasteiger partial charge in [-0.05, 0) is 60.0 Å². The number of para-hydroxylation sites is 1. The van der Waals surface area contributed by atoms with Crippen LogP contribution in [0.1, 0.15) is 22.7 Å². The van der Waals surface area contributed by atoms with Crippen molar-refractivity contribution in [2.75, 3.05) is 13.7 Å². The summed E-state index contributed by atoms with van der Waals surface area (Å²) < 4.78 is 5.19. The number of carbonyl (C=O) groups excluding carboxylic acids is 2. The van der Waals surface area contributed by atoms with E-state index in [0.29, 0.717) is 34.9 Å². The highest BCUT2D eigenvalue weighted by atomic mass is 35.5. The topological polar surface area (TPSA) is 82.6 Å². The number of hydrogen-bond acceptors (Lipinski definition) is 4. The minimum Gasteiger partial charge on any atom is -0.507 e. The highest BCUT2D eigenvalue weighted by Crippen LogP contribution is 2.40. The smallest absolute Gasteiger partial charge is 0.295 e. The number of aromatic nitrogens is 1. The van der Waals surface area contributed by atoms with E-state index in [4.69, 9.17) is 16.3 Å². The number of methoxy groups -OCH3 is 1. The first-order valence-corrected chi connectivity index (χ1v) is 11.6. The number of aromatic amines is 1. The molecule has 35 heavy (non-hydrogen) atoms. The number of ether oxygens (including phenoxy) is 1. The molecule has 1 atom stereocenters. The van der Waals surface area contributed by atoms with Gasteiger partial charge in [0.15, 0.2) is 0 Å². The molecule has 1 saturated heterocycles. The van der Waals surface area contributed by atoms with Crippen molar-refractivity contribution in [2.24, 2.45) is 0 Å². The molecule has 0 saturated carbocycles. The molecular formula is C28H23ClN2O4. The van der Waals surface area contributed by atoms with Gasteiger partial charge in [0, 0.05) is 34.2 Å². The third-order valence-electron chi connectivity index (χ3n) is 6.39. The lowest BCUT2D eigenvalue weighted by Crippen LogP contribution is -2.31. The molecule has 1 aromatic heterocycles. The van der Waals surface area contributed by atoms with Gasteiger partial charge in [-0.25, -0.2) is 0 Å². The second-order valence-corrected chi connectivity index (χ2v) is 8.82. The SMILES string of the molecule is COc1ccc(C(O)=C2C(=O)C(=O)N(CCc3c[nH]c4ccccc34)C2c2ccc(Cl)cc2)cc1. The van der Waals surface area contributed by atoms with Crippen LogP contribution in [0.4, 0.5) is 0 Å². The molecule has 2 heterocycles. The van der Waals surface area contributed by atoms with E-state index in [9.17, 15) is 14.7 Å². The van der Waals surface area contributed by atoms with Gasteiger partial charge in [0.1, 0.15) is 11.5 Å². The molecule has 0 aliphatic carbocycles. The van der Waals surface area contributed by atoms with Crippen LogP contribution in [0.2, 0.25) is 5.02 Å². The first-order valence-electron chi connectivity index (χ1n) is 11.2. The summed E-state index contributed by atoms with van der Waals surface area (Å²) in [5, 5.41) is 12.8. The predicted molar refractivity (Wildman–Crippen MR) is 135 cm³/mol. The third-order valence-corrected chi connectivity index (χ3v) is 6.64. The molecule has 1 aliphatic rings. The summed E-state index contributed by atoms with van der Waals surface area (Å²) in [6.07, 6.45) is 2.47. The number of nitrogens with zero attached hydrogens (tertiary/aromatic N) is 1. The average Bonchev–Trinajstić information content (AvgIpc) is 3.41. The van der Waals surface area contributed by atoms with Gasteiger partial charge < -0.3 is 19.7 Å². The number of hydrogen-bond donors (Lipinski definition) is 2. The van der Waals surface area contributed by atoms with E-state index in [0.717, 1.165) is 16.5 Å². The molecule has 6 nitrogen and oxygen atoms in total. The van der Waals surface area contributed by atoms with E-state index in [1.807, 2.05) is 30.5 Å². The van der Waals surface area contributed by atoms with Crippen LogP contribution in [0.3, 0.4) is 0 Å². The summed E-state index contributed by atoms with van der Waals surface area (Å²) in [6, 6.07) is 20.9. The van der Waals surface area contributed by atoms with Gasteiger partial charge in [-0.3, -0.25) is 9.59 Å². The second kappa shape index (κ2) is 9.31. The Hall–Kier alpha value is -4.03. The maximum absolute atomic E-state index is 13.2. The first-order chi connectivity index (χ1) is 17.0. The average molecular weight is 487 g/mol. The van der Waals surface area contributed by atoms with Crippen LogP contribution >= 0.6 is 11.6 Å². The number of Topliss-reactive ketones (excluding diaryl/α,β-unsaturated/α-hetero) is 1. The lowest BCUT2D eigenvalue weighted by molar-refractivity contribution is -0.139. The number of aliphatic hydroxyl groups is 1. The van der Waals surface area contributed by atoms with Crippen LogP contribution in [-0.4, -0.2) is 40.3 Å². The molecule has 1 fully saturated rings. The number of aliphatic hydroxyl groups excluding tert-OH is 1. The van der Waals surface area contributed by atoms with Gasteiger partial charge in [-0.2, -0.15) is 0 Å². The van der Waals surface area contributed by atoms with E-state index >= 15 is 0 Å². The quantitative estimate of drug-likeness (QED) is 0.214. The third kappa shape index (κ3) is 4.17. The molecule has 1 aliphatic heterocycles.